The van der Waals surface area contributed by atoms with E-state index >= 15 is 0 Å². The Morgan fingerprint density at radius 3 is 3.00 bits per heavy atom. The summed E-state index contributed by atoms with van der Waals surface area (Å²) in [4.78, 5) is 13.0. The molecule has 1 saturated heterocycles. The number of ether oxygens (including phenoxy) is 1. The van der Waals surface area contributed by atoms with Gasteiger partial charge in [0.25, 0.3) is 0 Å². The van der Waals surface area contributed by atoms with Crippen molar-refractivity contribution in [1.82, 2.24) is 4.90 Å². The SMILES string of the molecule is CCOC([SiH3])N1CCCC1=O. The number of amides is 1. The lowest BCUT2D eigenvalue weighted by Gasteiger charge is -2.23. The zero-order valence-electron chi connectivity index (χ0n) is 7.17. The van der Waals surface area contributed by atoms with Gasteiger partial charge >= 0.3 is 0 Å². The standard InChI is InChI=1S/C7H15NO2Si/c1-2-10-7(11)8-5-3-4-6(8)9/h7H,2-5H2,1,11H3. The second kappa shape index (κ2) is 3.87. The highest BCUT2D eigenvalue weighted by Crippen LogP contribution is 2.12. The van der Waals surface area contributed by atoms with Crippen molar-refractivity contribution in [3.63, 3.8) is 0 Å². The van der Waals surface area contributed by atoms with Gasteiger partial charge in [0.1, 0.15) is 5.85 Å². The Kier molecular flexibility index (Phi) is 3.08. The molecular weight excluding hydrogens is 158 g/mol. The number of carbonyl (C=O) groups is 1. The second-order valence-corrected chi connectivity index (χ2v) is 3.73. The van der Waals surface area contributed by atoms with Gasteiger partial charge in [-0.1, -0.05) is 0 Å². The molecule has 1 heterocycles. The molecule has 64 valence electrons. The van der Waals surface area contributed by atoms with Gasteiger partial charge in [0, 0.05) is 19.6 Å². The molecule has 0 aromatic rings. The zero-order chi connectivity index (χ0) is 8.27. The molecule has 1 aliphatic rings. The van der Waals surface area contributed by atoms with Crippen LogP contribution in [0, 0.1) is 0 Å². The van der Waals surface area contributed by atoms with Crippen LogP contribution in [0.4, 0.5) is 0 Å². The third-order valence-electron chi connectivity index (χ3n) is 1.96. The van der Waals surface area contributed by atoms with Crippen LogP contribution in [0.15, 0.2) is 0 Å². The second-order valence-electron chi connectivity index (χ2n) is 2.75. The third kappa shape index (κ3) is 2.04. The molecule has 1 fully saturated rings. The molecule has 4 heteroatoms. The van der Waals surface area contributed by atoms with Crippen LogP contribution in [0.25, 0.3) is 0 Å². The maximum Gasteiger partial charge on any atom is 0.224 e. The molecular formula is C7H15NO2Si. The van der Waals surface area contributed by atoms with Crippen molar-refractivity contribution in [1.29, 1.82) is 0 Å². The highest BCUT2D eigenvalue weighted by Gasteiger charge is 2.24. The number of rotatable bonds is 3. The molecule has 1 atom stereocenters. The van der Waals surface area contributed by atoms with Crippen LogP contribution in [0.2, 0.25) is 0 Å². The summed E-state index contributed by atoms with van der Waals surface area (Å²) in [5.74, 6) is 0.369. The van der Waals surface area contributed by atoms with E-state index < -0.39 is 0 Å². The summed E-state index contributed by atoms with van der Waals surface area (Å²) in [6, 6.07) is 0. The fourth-order valence-corrected chi connectivity index (χ4v) is 2.26. The van der Waals surface area contributed by atoms with E-state index in [0.29, 0.717) is 13.0 Å². The Bertz CT molecular complexity index is 151. The summed E-state index contributed by atoms with van der Waals surface area (Å²) in [6.07, 6.45) is 1.72. The number of hydrogen-bond donors (Lipinski definition) is 0. The number of nitrogens with zero attached hydrogens (tertiary/aromatic N) is 1. The summed E-state index contributed by atoms with van der Waals surface area (Å²) >= 11 is 0. The van der Waals surface area contributed by atoms with Gasteiger partial charge in [0.05, 0.1) is 10.2 Å². The fourth-order valence-electron chi connectivity index (χ4n) is 1.38. The maximum absolute atomic E-state index is 11.2. The highest BCUT2D eigenvalue weighted by molar-refractivity contribution is 6.12. The molecule has 11 heavy (non-hydrogen) atoms. The number of carbonyl (C=O) groups excluding carboxylic acids is 1. The molecule has 3 nitrogen and oxygen atoms in total. The highest BCUT2D eigenvalue weighted by atomic mass is 28.1. The molecule has 0 radical (unpaired) electrons. The molecule has 1 amide bonds. The van der Waals surface area contributed by atoms with Crippen molar-refractivity contribution >= 4 is 16.1 Å². The van der Waals surface area contributed by atoms with Crippen molar-refractivity contribution in [2.45, 2.75) is 25.6 Å². The van der Waals surface area contributed by atoms with Gasteiger partial charge in [0.2, 0.25) is 5.91 Å². The topological polar surface area (TPSA) is 29.5 Å². The minimum Gasteiger partial charge on any atom is -0.363 e. The van der Waals surface area contributed by atoms with E-state index in [1.165, 1.54) is 0 Å². The van der Waals surface area contributed by atoms with Gasteiger partial charge in [-0.25, -0.2) is 0 Å². The molecule has 0 saturated carbocycles. The van der Waals surface area contributed by atoms with Crippen molar-refractivity contribution in [2.75, 3.05) is 13.2 Å². The Hall–Kier alpha value is -0.353. The van der Waals surface area contributed by atoms with Gasteiger partial charge in [-0.05, 0) is 13.3 Å². The first kappa shape index (κ1) is 8.74. The van der Waals surface area contributed by atoms with Crippen LogP contribution < -0.4 is 0 Å². The Labute approximate surface area is 70.1 Å². The normalized spacial score (nSPS) is 21.2. The molecule has 0 aromatic heterocycles. The largest absolute Gasteiger partial charge is 0.363 e. The van der Waals surface area contributed by atoms with Crippen molar-refractivity contribution < 1.29 is 9.53 Å². The van der Waals surface area contributed by atoms with E-state index in [0.717, 1.165) is 23.2 Å². The molecule has 0 spiro atoms. The Morgan fingerprint density at radius 1 is 1.82 bits per heavy atom. The minimum absolute atomic E-state index is 0.106. The van der Waals surface area contributed by atoms with Gasteiger partial charge in [-0.15, -0.1) is 0 Å². The Morgan fingerprint density at radius 2 is 2.55 bits per heavy atom. The summed E-state index contributed by atoms with van der Waals surface area (Å²) in [6.45, 7) is 3.57. The molecule has 1 unspecified atom stereocenters. The zero-order valence-corrected chi connectivity index (χ0v) is 9.17. The van der Waals surface area contributed by atoms with Crippen LogP contribution in [-0.4, -0.2) is 40.1 Å². The minimum atomic E-state index is 0.106. The van der Waals surface area contributed by atoms with E-state index in [9.17, 15) is 4.79 Å². The lowest BCUT2D eigenvalue weighted by Crippen LogP contribution is -2.38. The first-order valence-corrected chi connectivity index (χ1v) is 5.32. The van der Waals surface area contributed by atoms with Crippen molar-refractivity contribution in [3.8, 4) is 0 Å². The molecule has 0 aliphatic carbocycles. The van der Waals surface area contributed by atoms with Crippen LogP contribution in [0.5, 0.6) is 0 Å². The molecule has 0 aromatic carbocycles. The Balaban J connectivity index is 2.39. The third-order valence-corrected chi connectivity index (χ3v) is 2.91. The molecule has 0 bridgehead atoms. The predicted molar refractivity (Wildman–Crippen MR) is 46.3 cm³/mol. The average molecular weight is 173 g/mol. The van der Waals surface area contributed by atoms with Crippen LogP contribution in [0.3, 0.4) is 0 Å². The quantitative estimate of drug-likeness (QED) is 0.528. The lowest BCUT2D eigenvalue weighted by molar-refractivity contribution is -0.134. The van der Waals surface area contributed by atoms with E-state index in [1.54, 1.807) is 0 Å². The van der Waals surface area contributed by atoms with Crippen LogP contribution in [-0.2, 0) is 9.53 Å². The van der Waals surface area contributed by atoms with Gasteiger partial charge in [0.15, 0.2) is 0 Å². The van der Waals surface area contributed by atoms with Gasteiger partial charge in [-0.3, -0.25) is 4.79 Å². The lowest BCUT2D eigenvalue weighted by atomic mass is 10.4. The predicted octanol–water partition coefficient (Wildman–Crippen LogP) is -0.706. The first-order valence-electron chi connectivity index (χ1n) is 4.16. The summed E-state index contributed by atoms with van der Waals surface area (Å²) in [5.41, 5.74) is 0. The molecule has 1 rings (SSSR count). The number of hydrogen-bond acceptors (Lipinski definition) is 2. The summed E-state index contributed by atoms with van der Waals surface area (Å²) < 4.78 is 5.36. The maximum atomic E-state index is 11.2. The summed E-state index contributed by atoms with van der Waals surface area (Å²) in [7, 11) is 0.912. The fraction of sp³-hybridized carbons (Fsp3) is 0.857. The van der Waals surface area contributed by atoms with E-state index in [4.69, 9.17) is 4.74 Å². The van der Waals surface area contributed by atoms with Crippen molar-refractivity contribution in [2.24, 2.45) is 0 Å². The van der Waals surface area contributed by atoms with Crippen LogP contribution >= 0.6 is 0 Å². The number of likely N-dealkylation sites (tertiary alicyclic amines) is 1. The van der Waals surface area contributed by atoms with Gasteiger partial charge in [-0.2, -0.15) is 0 Å². The van der Waals surface area contributed by atoms with Gasteiger partial charge < -0.3 is 9.64 Å². The molecule has 1 aliphatic heterocycles. The monoisotopic (exact) mass is 173 g/mol. The van der Waals surface area contributed by atoms with Crippen LogP contribution in [0.1, 0.15) is 19.8 Å². The smallest absolute Gasteiger partial charge is 0.224 e. The van der Waals surface area contributed by atoms with E-state index in [1.807, 2.05) is 11.8 Å². The van der Waals surface area contributed by atoms with Crippen molar-refractivity contribution in [3.05, 3.63) is 0 Å². The average Bonchev–Trinajstić information content (AvgIpc) is 2.36. The van der Waals surface area contributed by atoms with E-state index in [2.05, 4.69) is 0 Å². The molecule has 0 N–H and O–H groups in total. The first-order chi connectivity index (χ1) is 5.25. The summed E-state index contributed by atoms with van der Waals surface area (Å²) in [5, 5.41) is 0. The van der Waals surface area contributed by atoms with E-state index in [-0.39, 0.29) is 11.8 Å².